The fourth-order valence-corrected chi connectivity index (χ4v) is 2.07. The molecule has 0 unspecified atom stereocenters. The summed E-state index contributed by atoms with van der Waals surface area (Å²) in [5.41, 5.74) is 2.71. The number of nitrogens with zero attached hydrogens (tertiary/aromatic N) is 1. The molecule has 0 aliphatic carbocycles. The number of fused-ring (bicyclic) bond motifs is 1. The van der Waals surface area contributed by atoms with Gasteiger partial charge in [-0.3, -0.25) is 0 Å². The van der Waals surface area contributed by atoms with Gasteiger partial charge in [0.15, 0.2) is 0 Å². The van der Waals surface area contributed by atoms with E-state index in [4.69, 9.17) is 4.74 Å². The van der Waals surface area contributed by atoms with Crippen molar-refractivity contribution in [2.75, 3.05) is 25.1 Å². The van der Waals surface area contributed by atoms with Gasteiger partial charge in [-0.25, -0.2) is 0 Å². The van der Waals surface area contributed by atoms with E-state index < -0.39 is 0 Å². The molecule has 1 aliphatic heterocycles. The Morgan fingerprint density at radius 3 is 3.07 bits per heavy atom. The minimum Gasteiger partial charge on any atom is -0.494 e. The number of rotatable bonds is 2. The number of benzene rings is 1. The average molecular weight is 191 g/mol. The molecule has 2 rings (SSSR count). The molecule has 0 N–H and O–H groups in total. The summed E-state index contributed by atoms with van der Waals surface area (Å²) in [6, 6.07) is 6.32. The number of ether oxygens (including phenoxy) is 1. The molecule has 0 atom stereocenters. The molecule has 0 amide bonds. The lowest BCUT2D eigenvalue weighted by Gasteiger charge is -2.28. The van der Waals surface area contributed by atoms with Crippen LogP contribution in [0.4, 0.5) is 5.69 Å². The minimum absolute atomic E-state index is 0.750. The molecule has 2 heteroatoms. The van der Waals surface area contributed by atoms with E-state index in [0.29, 0.717) is 0 Å². The smallest absolute Gasteiger partial charge is 0.124 e. The average Bonchev–Trinajstić information content (AvgIpc) is 2.20. The highest BCUT2D eigenvalue weighted by Gasteiger charge is 2.16. The zero-order valence-corrected chi connectivity index (χ0v) is 8.92. The second-order valence-corrected chi connectivity index (χ2v) is 3.71. The third-order valence-electron chi connectivity index (χ3n) is 2.74. The Hall–Kier alpha value is -1.18. The van der Waals surface area contributed by atoms with Crippen LogP contribution in [0.3, 0.4) is 0 Å². The first kappa shape index (κ1) is 9.38. The van der Waals surface area contributed by atoms with Gasteiger partial charge in [0.1, 0.15) is 5.75 Å². The van der Waals surface area contributed by atoms with Crippen molar-refractivity contribution in [2.24, 2.45) is 0 Å². The summed E-state index contributed by atoms with van der Waals surface area (Å²) >= 11 is 0. The zero-order valence-electron chi connectivity index (χ0n) is 8.92. The van der Waals surface area contributed by atoms with E-state index in [1.54, 1.807) is 0 Å². The molecule has 1 aromatic rings. The third kappa shape index (κ3) is 1.57. The van der Waals surface area contributed by atoms with Crippen molar-refractivity contribution >= 4 is 5.69 Å². The second kappa shape index (κ2) is 3.91. The van der Waals surface area contributed by atoms with E-state index in [1.807, 2.05) is 6.92 Å². The topological polar surface area (TPSA) is 12.5 Å². The monoisotopic (exact) mass is 191 g/mol. The van der Waals surface area contributed by atoms with Gasteiger partial charge < -0.3 is 9.64 Å². The lowest BCUT2D eigenvalue weighted by molar-refractivity contribution is 0.335. The van der Waals surface area contributed by atoms with Crippen LogP contribution in [0.1, 0.15) is 18.9 Å². The van der Waals surface area contributed by atoms with Crippen LogP contribution in [-0.2, 0) is 6.42 Å². The summed E-state index contributed by atoms with van der Waals surface area (Å²) in [5, 5.41) is 0. The van der Waals surface area contributed by atoms with E-state index in [2.05, 4.69) is 30.1 Å². The van der Waals surface area contributed by atoms with Gasteiger partial charge in [0.25, 0.3) is 0 Å². The SMILES string of the molecule is CCOc1cccc2c1CCCN2C. The first-order valence-corrected chi connectivity index (χ1v) is 5.28. The van der Waals surface area contributed by atoms with Crippen LogP contribution in [0.15, 0.2) is 18.2 Å². The third-order valence-corrected chi connectivity index (χ3v) is 2.74. The predicted molar refractivity (Wildman–Crippen MR) is 59.2 cm³/mol. The van der Waals surface area contributed by atoms with Crippen molar-refractivity contribution in [3.8, 4) is 5.75 Å². The molecule has 14 heavy (non-hydrogen) atoms. The fraction of sp³-hybridized carbons (Fsp3) is 0.500. The van der Waals surface area contributed by atoms with Gasteiger partial charge in [0.05, 0.1) is 6.61 Å². The molecule has 1 aliphatic rings. The van der Waals surface area contributed by atoms with E-state index >= 15 is 0 Å². The highest BCUT2D eigenvalue weighted by atomic mass is 16.5. The molecule has 0 saturated carbocycles. The summed E-state index contributed by atoms with van der Waals surface area (Å²) in [7, 11) is 2.15. The molecule has 1 heterocycles. The normalized spacial score (nSPS) is 15.1. The predicted octanol–water partition coefficient (Wildman–Crippen LogP) is 2.47. The van der Waals surface area contributed by atoms with Gasteiger partial charge in [0.2, 0.25) is 0 Å². The van der Waals surface area contributed by atoms with Crippen LogP contribution in [-0.4, -0.2) is 20.2 Å². The number of anilines is 1. The zero-order chi connectivity index (χ0) is 9.97. The van der Waals surface area contributed by atoms with Gasteiger partial charge in [-0.2, -0.15) is 0 Å². The van der Waals surface area contributed by atoms with Gasteiger partial charge in [-0.15, -0.1) is 0 Å². The molecule has 1 aromatic carbocycles. The molecule has 0 aromatic heterocycles. The first-order chi connectivity index (χ1) is 6.83. The summed E-state index contributed by atoms with van der Waals surface area (Å²) < 4.78 is 5.63. The van der Waals surface area contributed by atoms with Crippen molar-refractivity contribution in [3.05, 3.63) is 23.8 Å². The molecular formula is C12H17NO. The van der Waals surface area contributed by atoms with Crippen LogP contribution in [0.25, 0.3) is 0 Å². The molecule has 0 fully saturated rings. The number of hydrogen-bond donors (Lipinski definition) is 0. The van der Waals surface area contributed by atoms with Gasteiger partial charge >= 0.3 is 0 Å². The molecule has 76 valence electrons. The second-order valence-electron chi connectivity index (χ2n) is 3.71. The quantitative estimate of drug-likeness (QED) is 0.712. The molecule has 0 saturated heterocycles. The van der Waals surface area contributed by atoms with Crippen molar-refractivity contribution in [1.29, 1.82) is 0 Å². The van der Waals surface area contributed by atoms with E-state index in [1.165, 1.54) is 17.7 Å². The maximum atomic E-state index is 5.63. The van der Waals surface area contributed by atoms with Crippen LogP contribution < -0.4 is 9.64 Å². The van der Waals surface area contributed by atoms with Crippen molar-refractivity contribution in [2.45, 2.75) is 19.8 Å². The molecule has 0 radical (unpaired) electrons. The highest BCUT2D eigenvalue weighted by Crippen LogP contribution is 2.33. The van der Waals surface area contributed by atoms with Gasteiger partial charge in [0, 0.05) is 24.8 Å². The summed E-state index contributed by atoms with van der Waals surface area (Å²) in [4.78, 5) is 2.31. The van der Waals surface area contributed by atoms with Crippen molar-refractivity contribution < 1.29 is 4.74 Å². The van der Waals surface area contributed by atoms with Crippen LogP contribution in [0, 0.1) is 0 Å². The molecular weight excluding hydrogens is 174 g/mol. The summed E-state index contributed by atoms with van der Waals surface area (Å²) in [6.07, 6.45) is 2.38. The van der Waals surface area contributed by atoms with E-state index in [-0.39, 0.29) is 0 Å². The molecule has 0 spiro atoms. The Morgan fingerprint density at radius 2 is 2.29 bits per heavy atom. The van der Waals surface area contributed by atoms with Crippen molar-refractivity contribution in [1.82, 2.24) is 0 Å². The molecule has 2 nitrogen and oxygen atoms in total. The van der Waals surface area contributed by atoms with Crippen LogP contribution in [0.5, 0.6) is 5.75 Å². The Balaban J connectivity index is 2.39. The lowest BCUT2D eigenvalue weighted by atomic mass is 10.0. The van der Waals surface area contributed by atoms with Crippen LogP contribution >= 0.6 is 0 Å². The summed E-state index contributed by atoms with van der Waals surface area (Å²) in [6.45, 7) is 3.94. The van der Waals surface area contributed by atoms with Crippen LogP contribution in [0.2, 0.25) is 0 Å². The fourth-order valence-electron chi connectivity index (χ4n) is 2.07. The largest absolute Gasteiger partial charge is 0.494 e. The van der Waals surface area contributed by atoms with Crippen molar-refractivity contribution in [3.63, 3.8) is 0 Å². The Labute approximate surface area is 85.5 Å². The summed E-state index contributed by atoms with van der Waals surface area (Å²) in [5.74, 6) is 1.07. The Morgan fingerprint density at radius 1 is 1.43 bits per heavy atom. The highest BCUT2D eigenvalue weighted by molar-refractivity contribution is 5.60. The van der Waals surface area contributed by atoms with Gasteiger partial charge in [-0.05, 0) is 31.9 Å². The molecule has 0 bridgehead atoms. The minimum atomic E-state index is 0.750. The first-order valence-electron chi connectivity index (χ1n) is 5.28. The Kier molecular flexibility index (Phi) is 2.62. The standard InChI is InChI=1S/C12H17NO/c1-3-14-12-8-4-7-11-10(12)6-5-9-13(11)2/h4,7-8H,3,5-6,9H2,1-2H3. The van der Waals surface area contributed by atoms with Gasteiger partial charge in [-0.1, -0.05) is 6.07 Å². The van der Waals surface area contributed by atoms with E-state index in [9.17, 15) is 0 Å². The maximum absolute atomic E-state index is 5.63. The lowest BCUT2D eigenvalue weighted by Crippen LogP contribution is -2.24. The Bertz CT molecular complexity index is 322. The maximum Gasteiger partial charge on any atom is 0.124 e. The van der Waals surface area contributed by atoms with E-state index in [0.717, 1.165) is 25.3 Å². The number of hydrogen-bond acceptors (Lipinski definition) is 2.